The summed E-state index contributed by atoms with van der Waals surface area (Å²) in [7, 11) is 0. The first-order valence-corrected chi connectivity index (χ1v) is 11.5. The van der Waals surface area contributed by atoms with E-state index in [0.29, 0.717) is 22.7 Å². The molecule has 1 N–H and O–H groups in total. The van der Waals surface area contributed by atoms with E-state index in [1.54, 1.807) is 36.4 Å². The van der Waals surface area contributed by atoms with Crippen LogP contribution in [0.4, 0.5) is 11.4 Å². The number of anilines is 2. The molecule has 0 aliphatic carbocycles. The van der Waals surface area contributed by atoms with Gasteiger partial charge in [-0.3, -0.25) is 9.59 Å². The van der Waals surface area contributed by atoms with Crippen molar-refractivity contribution in [3.8, 4) is 5.75 Å². The summed E-state index contributed by atoms with van der Waals surface area (Å²) in [5.74, 6) is -1.10. The maximum atomic E-state index is 13.0. The number of nitrogens with zero attached hydrogens (tertiary/aromatic N) is 1. The molecule has 0 saturated carbocycles. The summed E-state index contributed by atoms with van der Waals surface area (Å²) >= 11 is 6.24. The van der Waals surface area contributed by atoms with Crippen LogP contribution in [0.15, 0.2) is 65.3 Å². The Morgan fingerprint density at radius 3 is 2.06 bits per heavy atom. The first-order valence-electron chi connectivity index (χ1n) is 11.1. The largest absolute Gasteiger partial charge is 0.423 e. The quantitative estimate of drug-likeness (QED) is 0.275. The van der Waals surface area contributed by atoms with Crippen molar-refractivity contribution in [3.63, 3.8) is 0 Å². The van der Waals surface area contributed by atoms with Gasteiger partial charge in [0.15, 0.2) is 0 Å². The fourth-order valence-corrected chi connectivity index (χ4v) is 4.24. The van der Waals surface area contributed by atoms with Crippen LogP contribution in [0, 0.1) is 34.6 Å². The molecule has 35 heavy (non-hydrogen) atoms. The lowest BCUT2D eigenvalue weighted by Crippen LogP contribution is -2.32. The summed E-state index contributed by atoms with van der Waals surface area (Å²) in [6, 6.07) is 15.7. The highest BCUT2D eigenvalue weighted by Crippen LogP contribution is 2.31. The number of imide groups is 1. The van der Waals surface area contributed by atoms with E-state index in [4.69, 9.17) is 16.3 Å². The Balaban J connectivity index is 1.51. The highest BCUT2D eigenvalue weighted by Gasteiger charge is 2.39. The minimum Gasteiger partial charge on any atom is -0.423 e. The highest BCUT2D eigenvalue weighted by molar-refractivity contribution is 6.53. The molecular formula is C28H25ClN2O4. The predicted octanol–water partition coefficient (Wildman–Crippen LogP) is 5.88. The van der Waals surface area contributed by atoms with Crippen molar-refractivity contribution in [1.29, 1.82) is 0 Å². The highest BCUT2D eigenvalue weighted by atomic mass is 35.5. The Bertz CT molecular complexity index is 1390. The topological polar surface area (TPSA) is 75.7 Å². The van der Waals surface area contributed by atoms with E-state index in [2.05, 4.69) is 5.32 Å². The van der Waals surface area contributed by atoms with Crippen LogP contribution in [0.3, 0.4) is 0 Å². The van der Waals surface area contributed by atoms with Crippen molar-refractivity contribution >= 4 is 40.8 Å². The molecule has 0 fully saturated rings. The van der Waals surface area contributed by atoms with Gasteiger partial charge in [-0.15, -0.1) is 0 Å². The molecule has 3 aromatic carbocycles. The Labute approximate surface area is 209 Å². The number of aryl methyl sites for hydroxylation is 4. The summed E-state index contributed by atoms with van der Waals surface area (Å²) in [5.41, 5.74) is 6.11. The van der Waals surface area contributed by atoms with Gasteiger partial charge < -0.3 is 10.1 Å². The summed E-state index contributed by atoms with van der Waals surface area (Å²) in [5, 5.41) is 2.73. The summed E-state index contributed by atoms with van der Waals surface area (Å²) in [4.78, 5) is 39.5. The van der Waals surface area contributed by atoms with Crippen molar-refractivity contribution in [2.24, 2.45) is 0 Å². The van der Waals surface area contributed by atoms with Crippen LogP contribution in [0.25, 0.3) is 0 Å². The van der Waals surface area contributed by atoms with Gasteiger partial charge in [0.2, 0.25) is 0 Å². The first-order chi connectivity index (χ1) is 16.5. The SMILES string of the molecule is Cc1cc(C)cc(N2C(=O)C(Cl)=C(Nc3ccc(C(=O)Oc4cc(C)cc(C)c4C)cc3)C2=O)c1. The third kappa shape index (κ3) is 4.84. The Morgan fingerprint density at radius 2 is 1.43 bits per heavy atom. The molecule has 6 nitrogen and oxygen atoms in total. The number of nitrogens with one attached hydrogen (secondary N) is 1. The average molecular weight is 489 g/mol. The van der Waals surface area contributed by atoms with Gasteiger partial charge in [-0.2, -0.15) is 0 Å². The van der Waals surface area contributed by atoms with Crippen molar-refractivity contribution < 1.29 is 19.1 Å². The van der Waals surface area contributed by atoms with Gasteiger partial charge >= 0.3 is 5.97 Å². The predicted molar refractivity (Wildman–Crippen MR) is 137 cm³/mol. The van der Waals surface area contributed by atoms with Crippen LogP contribution < -0.4 is 15.0 Å². The monoisotopic (exact) mass is 488 g/mol. The zero-order chi connectivity index (χ0) is 25.4. The van der Waals surface area contributed by atoms with Crippen molar-refractivity contribution in [2.75, 3.05) is 10.2 Å². The fraction of sp³-hybridized carbons (Fsp3) is 0.179. The molecule has 0 saturated heterocycles. The first kappa shape index (κ1) is 24.2. The third-order valence-electron chi connectivity index (χ3n) is 5.85. The van der Waals surface area contributed by atoms with Gasteiger partial charge in [0.05, 0.1) is 11.3 Å². The van der Waals surface area contributed by atoms with E-state index >= 15 is 0 Å². The molecule has 0 atom stereocenters. The Hall–Kier alpha value is -3.90. The van der Waals surface area contributed by atoms with Gasteiger partial charge in [0.25, 0.3) is 11.8 Å². The van der Waals surface area contributed by atoms with Crippen LogP contribution in [0.5, 0.6) is 5.75 Å². The molecule has 1 aliphatic rings. The number of esters is 1. The lowest BCUT2D eigenvalue weighted by molar-refractivity contribution is -0.120. The number of halogens is 1. The van der Waals surface area contributed by atoms with Crippen LogP contribution in [-0.4, -0.2) is 17.8 Å². The molecule has 0 unspecified atom stereocenters. The summed E-state index contributed by atoms with van der Waals surface area (Å²) < 4.78 is 5.60. The summed E-state index contributed by atoms with van der Waals surface area (Å²) in [6.07, 6.45) is 0. The average Bonchev–Trinajstić information content (AvgIpc) is 3.00. The Morgan fingerprint density at radius 1 is 0.829 bits per heavy atom. The minimum atomic E-state index is -0.590. The zero-order valence-corrected chi connectivity index (χ0v) is 20.9. The normalized spacial score (nSPS) is 13.5. The van der Waals surface area contributed by atoms with Crippen LogP contribution >= 0.6 is 11.6 Å². The molecular weight excluding hydrogens is 464 g/mol. The maximum Gasteiger partial charge on any atom is 0.343 e. The van der Waals surface area contributed by atoms with Gasteiger partial charge in [-0.25, -0.2) is 9.69 Å². The standard InChI is InChI=1S/C28H25ClN2O4/c1-15-10-16(2)13-22(12-15)31-26(32)24(29)25(27(31)33)30-21-8-6-20(7-9-21)28(34)35-23-14-17(3)11-18(4)19(23)5/h6-14,30H,1-5H3. The van der Waals surface area contributed by atoms with Gasteiger partial charge in [-0.05, 0) is 105 Å². The number of rotatable bonds is 5. The second-order valence-corrected chi connectivity index (χ2v) is 9.16. The lowest BCUT2D eigenvalue weighted by Gasteiger charge is -2.16. The number of hydrogen-bond acceptors (Lipinski definition) is 5. The summed E-state index contributed by atoms with van der Waals surface area (Å²) in [6.45, 7) is 9.60. The van der Waals surface area contributed by atoms with Gasteiger partial charge in [0.1, 0.15) is 16.5 Å². The second-order valence-electron chi connectivity index (χ2n) is 8.78. The van der Waals surface area contributed by atoms with Gasteiger partial charge in [-0.1, -0.05) is 23.7 Å². The van der Waals surface area contributed by atoms with Crippen LogP contribution in [-0.2, 0) is 9.59 Å². The lowest BCUT2D eigenvalue weighted by atomic mass is 10.1. The zero-order valence-electron chi connectivity index (χ0n) is 20.2. The molecule has 1 aliphatic heterocycles. The molecule has 2 amide bonds. The molecule has 0 aromatic heterocycles. The van der Waals surface area contributed by atoms with E-state index in [1.807, 2.05) is 52.8 Å². The third-order valence-corrected chi connectivity index (χ3v) is 6.20. The minimum absolute atomic E-state index is 0.0167. The number of benzene rings is 3. The van der Waals surface area contributed by atoms with Crippen molar-refractivity contribution in [1.82, 2.24) is 0 Å². The molecule has 178 valence electrons. The van der Waals surface area contributed by atoms with E-state index in [9.17, 15) is 14.4 Å². The molecule has 7 heteroatoms. The van der Waals surface area contributed by atoms with E-state index in [-0.39, 0.29) is 10.7 Å². The second kappa shape index (κ2) is 9.39. The number of carbonyl (C=O) groups is 3. The van der Waals surface area contributed by atoms with Crippen molar-refractivity contribution in [2.45, 2.75) is 34.6 Å². The molecule has 0 bridgehead atoms. The number of hydrogen-bond donors (Lipinski definition) is 1. The van der Waals surface area contributed by atoms with Crippen LogP contribution in [0.1, 0.15) is 38.2 Å². The van der Waals surface area contributed by atoms with Gasteiger partial charge in [0, 0.05) is 5.69 Å². The van der Waals surface area contributed by atoms with Crippen LogP contribution in [0.2, 0.25) is 0 Å². The fourth-order valence-electron chi connectivity index (χ4n) is 4.03. The molecule has 0 spiro atoms. The number of carbonyl (C=O) groups excluding carboxylic acids is 3. The smallest absolute Gasteiger partial charge is 0.343 e. The van der Waals surface area contributed by atoms with E-state index in [1.165, 1.54) is 0 Å². The van der Waals surface area contributed by atoms with Crippen molar-refractivity contribution in [3.05, 3.63) is 98.7 Å². The number of amides is 2. The Kier molecular flexibility index (Phi) is 6.50. The van der Waals surface area contributed by atoms with E-state index in [0.717, 1.165) is 32.7 Å². The molecule has 1 heterocycles. The number of ether oxygens (including phenoxy) is 1. The molecule has 4 rings (SSSR count). The molecule has 0 radical (unpaired) electrons. The maximum absolute atomic E-state index is 13.0. The van der Waals surface area contributed by atoms with E-state index < -0.39 is 17.8 Å². The molecule has 3 aromatic rings.